The highest BCUT2D eigenvalue weighted by atomic mass is 35.5. The quantitative estimate of drug-likeness (QED) is 0.371. The van der Waals surface area contributed by atoms with E-state index in [1.165, 1.54) is 4.90 Å². The third-order valence-corrected chi connectivity index (χ3v) is 7.16. The van der Waals surface area contributed by atoms with Crippen molar-refractivity contribution in [1.29, 1.82) is 0 Å². The molecule has 7 nitrogen and oxygen atoms in total. The number of para-hydroxylation sites is 1. The zero-order valence-corrected chi connectivity index (χ0v) is 22.6. The number of rotatable bonds is 12. The lowest BCUT2D eigenvalue weighted by Crippen LogP contribution is -2.53. The number of hydrogen-bond donors (Lipinski definition) is 1. The fourth-order valence-electron chi connectivity index (χ4n) is 3.96. The van der Waals surface area contributed by atoms with Crippen molar-refractivity contribution in [3.8, 4) is 0 Å². The van der Waals surface area contributed by atoms with Gasteiger partial charge in [0.05, 0.1) is 11.9 Å². The molecular formula is C28H32ClN3O4S. The van der Waals surface area contributed by atoms with Crippen molar-refractivity contribution in [1.82, 2.24) is 10.2 Å². The second-order valence-electron chi connectivity index (χ2n) is 8.75. The van der Waals surface area contributed by atoms with Crippen molar-refractivity contribution in [3.05, 3.63) is 101 Å². The summed E-state index contributed by atoms with van der Waals surface area (Å²) in [6.07, 6.45) is 2.07. The minimum absolute atomic E-state index is 0.0861. The van der Waals surface area contributed by atoms with Crippen LogP contribution in [0.25, 0.3) is 0 Å². The molecule has 0 spiro atoms. The van der Waals surface area contributed by atoms with Crippen molar-refractivity contribution in [3.63, 3.8) is 0 Å². The number of benzene rings is 3. The molecule has 0 bridgehead atoms. The Hall–Kier alpha value is -3.36. The van der Waals surface area contributed by atoms with E-state index in [0.717, 1.165) is 28.1 Å². The SMILES string of the molecule is CCCNC(=O)[C@H](Cc1ccccc1)N(Cc1cccc(Cl)c1)C(=O)CN(c1ccccc1)S(C)(=O)=O. The number of nitrogens with zero attached hydrogens (tertiary/aromatic N) is 2. The van der Waals surface area contributed by atoms with E-state index in [4.69, 9.17) is 11.6 Å². The monoisotopic (exact) mass is 541 g/mol. The Morgan fingerprint density at radius 2 is 1.54 bits per heavy atom. The molecule has 3 aromatic rings. The molecule has 0 saturated carbocycles. The summed E-state index contributed by atoms with van der Waals surface area (Å²) in [6, 6.07) is 24.1. The van der Waals surface area contributed by atoms with Gasteiger partial charge in [0.15, 0.2) is 0 Å². The number of hydrogen-bond acceptors (Lipinski definition) is 4. The fourth-order valence-corrected chi connectivity index (χ4v) is 5.02. The predicted molar refractivity (Wildman–Crippen MR) is 148 cm³/mol. The summed E-state index contributed by atoms with van der Waals surface area (Å²) in [6.45, 7) is 2.05. The number of amides is 2. The first-order valence-electron chi connectivity index (χ1n) is 12.1. The van der Waals surface area contributed by atoms with Gasteiger partial charge in [-0.15, -0.1) is 0 Å². The summed E-state index contributed by atoms with van der Waals surface area (Å²) in [5.74, 6) is -0.798. The van der Waals surface area contributed by atoms with Crippen LogP contribution in [0.4, 0.5) is 5.69 Å². The molecule has 0 radical (unpaired) electrons. The summed E-state index contributed by atoms with van der Waals surface area (Å²) in [5, 5.41) is 3.41. The van der Waals surface area contributed by atoms with Gasteiger partial charge in [0.2, 0.25) is 21.8 Å². The zero-order chi connectivity index (χ0) is 26.8. The first-order chi connectivity index (χ1) is 17.7. The number of nitrogens with one attached hydrogen (secondary N) is 1. The molecular weight excluding hydrogens is 510 g/mol. The topological polar surface area (TPSA) is 86.8 Å². The second-order valence-corrected chi connectivity index (χ2v) is 11.1. The van der Waals surface area contributed by atoms with Crippen LogP contribution in [-0.4, -0.2) is 50.5 Å². The van der Waals surface area contributed by atoms with Crippen LogP contribution in [0, 0.1) is 0 Å². The van der Waals surface area contributed by atoms with Crippen molar-refractivity contribution in [2.24, 2.45) is 0 Å². The van der Waals surface area contributed by atoms with E-state index in [-0.39, 0.29) is 18.9 Å². The van der Waals surface area contributed by atoms with E-state index in [2.05, 4.69) is 5.32 Å². The lowest BCUT2D eigenvalue weighted by molar-refractivity contribution is -0.140. The van der Waals surface area contributed by atoms with Gasteiger partial charge in [-0.05, 0) is 41.8 Å². The van der Waals surface area contributed by atoms with Gasteiger partial charge in [-0.1, -0.05) is 79.2 Å². The Kier molecular flexibility index (Phi) is 10.1. The fraction of sp³-hybridized carbons (Fsp3) is 0.286. The Balaban J connectivity index is 2.02. The molecule has 0 heterocycles. The van der Waals surface area contributed by atoms with Gasteiger partial charge in [0.25, 0.3) is 0 Å². The first kappa shape index (κ1) is 28.2. The number of carbonyl (C=O) groups is 2. The van der Waals surface area contributed by atoms with Gasteiger partial charge >= 0.3 is 0 Å². The highest BCUT2D eigenvalue weighted by molar-refractivity contribution is 7.92. The summed E-state index contributed by atoms with van der Waals surface area (Å²) in [7, 11) is -3.78. The Labute approximate surface area is 224 Å². The Morgan fingerprint density at radius 3 is 2.14 bits per heavy atom. The van der Waals surface area contributed by atoms with E-state index in [9.17, 15) is 18.0 Å². The van der Waals surface area contributed by atoms with Crippen molar-refractivity contribution < 1.29 is 18.0 Å². The second kappa shape index (κ2) is 13.3. The molecule has 0 aliphatic rings. The van der Waals surface area contributed by atoms with Gasteiger partial charge in [-0.25, -0.2) is 8.42 Å². The van der Waals surface area contributed by atoms with Gasteiger partial charge in [-0.3, -0.25) is 13.9 Å². The molecule has 0 fully saturated rings. The molecule has 196 valence electrons. The molecule has 3 rings (SSSR count). The minimum atomic E-state index is -3.78. The normalized spacial score (nSPS) is 12.0. The van der Waals surface area contributed by atoms with Crippen LogP contribution in [0.2, 0.25) is 5.02 Å². The molecule has 1 atom stereocenters. The summed E-state index contributed by atoms with van der Waals surface area (Å²) in [5.41, 5.74) is 1.98. The first-order valence-corrected chi connectivity index (χ1v) is 14.3. The number of carbonyl (C=O) groups excluding carboxylic acids is 2. The van der Waals surface area contributed by atoms with E-state index >= 15 is 0 Å². The van der Waals surface area contributed by atoms with Crippen molar-refractivity contribution in [2.75, 3.05) is 23.7 Å². The van der Waals surface area contributed by atoms with Gasteiger partial charge in [0.1, 0.15) is 12.6 Å². The van der Waals surface area contributed by atoms with Crippen molar-refractivity contribution >= 4 is 39.1 Å². The third kappa shape index (κ3) is 8.33. The number of anilines is 1. The smallest absolute Gasteiger partial charge is 0.244 e. The molecule has 0 aliphatic heterocycles. The van der Waals surface area contributed by atoms with E-state index in [0.29, 0.717) is 17.3 Å². The van der Waals surface area contributed by atoms with Crippen LogP contribution >= 0.6 is 11.6 Å². The molecule has 37 heavy (non-hydrogen) atoms. The highest BCUT2D eigenvalue weighted by Crippen LogP contribution is 2.21. The van der Waals surface area contributed by atoms with Crippen LogP contribution in [0.5, 0.6) is 0 Å². The van der Waals surface area contributed by atoms with Gasteiger partial charge in [0, 0.05) is 24.5 Å². The Bertz CT molecular complexity index is 1290. The summed E-state index contributed by atoms with van der Waals surface area (Å²) < 4.78 is 26.4. The lowest BCUT2D eigenvalue weighted by Gasteiger charge is -2.33. The minimum Gasteiger partial charge on any atom is -0.354 e. The highest BCUT2D eigenvalue weighted by Gasteiger charge is 2.32. The largest absolute Gasteiger partial charge is 0.354 e. The van der Waals surface area contributed by atoms with Crippen LogP contribution in [-0.2, 0) is 32.6 Å². The third-order valence-electron chi connectivity index (χ3n) is 5.79. The molecule has 1 N–H and O–H groups in total. The summed E-state index contributed by atoms with van der Waals surface area (Å²) >= 11 is 6.20. The zero-order valence-electron chi connectivity index (χ0n) is 21.0. The average Bonchev–Trinajstić information content (AvgIpc) is 2.88. The van der Waals surface area contributed by atoms with Crippen LogP contribution < -0.4 is 9.62 Å². The van der Waals surface area contributed by atoms with Crippen LogP contribution in [0.3, 0.4) is 0 Å². The number of halogens is 1. The van der Waals surface area contributed by atoms with Gasteiger partial charge in [-0.2, -0.15) is 0 Å². The lowest BCUT2D eigenvalue weighted by atomic mass is 10.0. The van der Waals surface area contributed by atoms with E-state index < -0.39 is 28.5 Å². The molecule has 0 saturated heterocycles. The standard InChI is InChI=1S/C28H32ClN3O4S/c1-3-17-30-28(34)26(19-22-11-6-4-7-12-22)31(20-23-13-10-14-24(29)18-23)27(33)21-32(37(2,35)36)25-15-8-5-9-16-25/h4-16,18,26H,3,17,19-21H2,1-2H3,(H,30,34)/t26-/m0/s1. The molecule has 2 amide bonds. The van der Waals surface area contributed by atoms with E-state index in [1.54, 1.807) is 48.5 Å². The van der Waals surface area contributed by atoms with Crippen LogP contribution in [0.15, 0.2) is 84.9 Å². The maximum absolute atomic E-state index is 13.9. The molecule has 0 aliphatic carbocycles. The Morgan fingerprint density at radius 1 is 0.919 bits per heavy atom. The summed E-state index contributed by atoms with van der Waals surface area (Å²) in [4.78, 5) is 28.7. The molecule has 0 unspecified atom stereocenters. The predicted octanol–water partition coefficient (Wildman–Crippen LogP) is 4.27. The van der Waals surface area contributed by atoms with E-state index in [1.807, 2.05) is 43.3 Å². The molecule has 0 aromatic heterocycles. The molecule has 3 aromatic carbocycles. The van der Waals surface area contributed by atoms with Gasteiger partial charge < -0.3 is 10.2 Å². The number of sulfonamides is 1. The average molecular weight is 542 g/mol. The van der Waals surface area contributed by atoms with Crippen LogP contribution in [0.1, 0.15) is 24.5 Å². The maximum Gasteiger partial charge on any atom is 0.244 e. The maximum atomic E-state index is 13.9. The molecule has 9 heteroatoms. The van der Waals surface area contributed by atoms with Crippen molar-refractivity contribution in [2.45, 2.75) is 32.4 Å².